The summed E-state index contributed by atoms with van der Waals surface area (Å²) in [5, 5.41) is 3.56. The minimum atomic E-state index is -0.335. The van der Waals surface area contributed by atoms with E-state index in [4.69, 9.17) is 11.6 Å². The van der Waals surface area contributed by atoms with Crippen LogP contribution in [0.3, 0.4) is 0 Å². The van der Waals surface area contributed by atoms with Gasteiger partial charge in [0.05, 0.1) is 5.02 Å². The van der Waals surface area contributed by atoms with E-state index in [0.717, 1.165) is 25.1 Å². The highest BCUT2D eigenvalue weighted by Crippen LogP contribution is 2.27. The topological polar surface area (TPSA) is 12.0 Å². The Morgan fingerprint density at radius 3 is 2.69 bits per heavy atom. The van der Waals surface area contributed by atoms with E-state index in [9.17, 15) is 4.39 Å². The van der Waals surface area contributed by atoms with Crippen LogP contribution in [-0.4, -0.2) is 13.1 Å². The monoisotopic (exact) mass is 243 g/mol. The number of hydrogen-bond acceptors (Lipinski definition) is 1. The summed E-state index contributed by atoms with van der Waals surface area (Å²) in [6.45, 7) is 8.22. The van der Waals surface area contributed by atoms with Gasteiger partial charge < -0.3 is 5.32 Å². The average molecular weight is 244 g/mol. The molecule has 3 heteroatoms. The van der Waals surface area contributed by atoms with E-state index in [1.54, 1.807) is 6.07 Å². The maximum absolute atomic E-state index is 13.3. The fourth-order valence-corrected chi connectivity index (χ4v) is 1.92. The molecule has 0 saturated carbocycles. The summed E-state index contributed by atoms with van der Waals surface area (Å²) in [4.78, 5) is 0. The summed E-state index contributed by atoms with van der Waals surface area (Å²) in [5.74, 6) is -0.335. The largest absolute Gasteiger partial charge is 0.316 e. The molecule has 0 amide bonds. The zero-order chi connectivity index (χ0) is 12.2. The van der Waals surface area contributed by atoms with E-state index in [2.05, 4.69) is 26.1 Å². The van der Waals surface area contributed by atoms with E-state index in [-0.39, 0.29) is 16.3 Å². The lowest BCUT2D eigenvalue weighted by molar-refractivity contribution is 0.341. The molecule has 0 aromatic heterocycles. The molecule has 0 bridgehead atoms. The van der Waals surface area contributed by atoms with E-state index in [0.29, 0.717) is 0 Å². The third kappa shape index (κ3) is 3.76. The maximum Gasteiger partial charge on any atom is 0.142 e. The second kappa shape index (κ2) is 5.65. The highest BCUT2D eigenvalue weighted by Gasteiger charge is 2.20. The van der Waals surface area contributed by atoms with E-state index in [1.165, 1.54) is 6.07 Å². The average Bonchev–Trinajstić information content (AvgIpc) is 2.22. The van der Waals surface area contributed by atoms with Crippen molar-refractivity contribution in [3.05, 3.63) is 34.6 Å². The third-order valence-corrected chi connectivity index (χ3v) is 2.98. The molecule has 0 heterocycles. The van der Waals surface area contributed by atoms with Crippen LogP contribution in [0, 0.1) is 11.2 Å². The van der Waals surface area contributed by atoms with Crippen molar-refractivity contribution >= 4 is 11.6 Å². The molecule has 0 unspecified atom stereocenters. The third-order valence-electron chi connectivity index (χ3n) is 2.55. The van der Waals surface area contributed by atoms with E-state index in [1.807, 2.05) is 6.07 Å². The molecule has 1 aromatic carbocycles. The summed E-state index contributed by atoms with van der Waals surface area (Å²) >= 11 is 5.94. The number of benzene rings is 1. The summed E-state index contributed by atoms with van der Waals surface area (Å²) < 4.78 is 13.3. The van der Waals surface area contributed by atoms with Crippen LogP contribution >= 0.6 is 11.6 Å². The molecular formula is C13H19ClFN. The second-order valence-corrected chi connectivity index (χ2v) is 5.21. The van der Waals surface area contributed by atoms with Crippen molar-refractivity contribution in [3.8, 4) is 0 Å². The molecule has 0 aliphatic carbocycles. The van der Waals surface area contributed by atoms with Gasteiger partial charge in [0, 0.05) is 6.54 Å². The van der Waals surface area contributed by atoms with Gasteiger partial charge in [-0.15, -0.1) is 0 Å². The van der Waals surface area contributed by atoms with Crippen molar-refractivity contribution in [2.45, 2.75) is 27.2 Å². The molecule has 1 aromatic rings. The smallest absolute Gasteiger partial charge is 0.142 e. The molecular weight excluding hydrogens is 225 g/mol. The summed E-state index contributed by atoms with van der Waals surface area (Å²) in [6, 6.07) is 4.99. The molecule has 16 heavy (non-hydrogen) atoms. The Hall–Kier alpha value is -0.600. The Morgan fingerprint density at radius 2 is 2.06 bits per heavy atom. The van der Waals surface area contributed by atoms with Crippen molar-refractivity contribution in [1.82, 2.24) is 5.32 Å². The zero-order valence-corrected chi connectivity index (χ0v) is 10.9. The lowest BCUT2D eigenvalue weighted by Gasteiger charge is -2.25. The van der Waals surface area contributed by atoms with Gasteiger partial charge in [-0.1, -0.05) is 44.5 Å². The van der Waals surface area contributed by atoms with Gasteiger partial charge in [-0.05, 0) is 30.0 Å². The fourth-order valence-electron chi connectivity index (χ4n) is 1.73. The van der Waals surface area contributed by atoms with Crippen LogP contribution < -0.4 is 5.32 Å². The predicted octanol–water partition coefficient (Wildman–Crippen LogP) is 3.66. The number of halogens is 2. The molecule has 0 fully saturated rings. The molecule has 0 aliphatic rings. The predicted molar refractivity (Wildman–Crippen MR) is 67.4 cm³/mol. The normalized spacial score (nSPS) is 11.8. The quantitative estimate of drug-likeness (QED) is 0.832. The number of nitrogens with one attached hydrogen (secondary N) is 1. The summed E-state index contributed by atoms with van der Waals surface area (Å²) in [6.07, 6.45) is 0.774. The first-order valence-electron chi connectivity index (χ1n) is 5.60. The van der Waals surface area contributed by atoms with Crippen molar-refractivity contribution in [1.29, 1.82) is 0 Å². The molecule has 1 nitrogen and oxygen atoms in total. The maximum atomic E-state index is 13.3. The Labute approximate surface area is 102 Å². The minimum absolute atomic E-state index is 0.0768. The van der Waals surface area contributed by atoms with Gasteiger partial charge in [0.2, 0.25) is 0 Å². The second-order valence-electron chi connectivity index (χ2n) is 4.83. The molecule has 0 atom stereocenters. The highest BCUT2D eigenvalue weighted by atomic mass is 35.5. The Kier molecular flexibility index (Phi) is 4.75. The first-order chi connectivity index (χ1) is 7.46. The van der Waals surface area contributed by atoms with Crippen LogP contribution in [0.1, 0.15) is 26.3 Å². The molecule has 90 valence electrons. The molecule has 0 saturated heterocycles. The Morgan fingerprint density at radius 1 is 1.38 bits per heavy atom. The van der Waals surface area contributed by atoms with Crippen LogP contribution in [0.15, 0.2) is 18.2 Å². The summed E-state index contributed by atoms with van der Waals surface area (Å²) in [7, 11) is 0. The number of hydrogen-bond donors (Lipinski definition) is 1. The summed E-state index contributed by atoms with van der Waals surface area (Å²) in [5.41, 5.74) is 0.956. The van der Waals surface area contributed by atoms with E-state index < -0.39 is 0 Å². The minimum Gasteiger partial charge on any atom is -0.316 e. The lowest BCUT2D eigenvalue weighted by atomic mass is 9.85. The van der Waals surface area contributed by atoms with Crippen LogP contribution in [0.2, 0.25) is 5.02 Å². The molecule has 0 radical (unpaired) electrons. The van der Waals surface area contributed by atoms with Gasteiger partial charge in [-0.3, -0.25) is 0 Å². The lowest BCUT2D eigenvalue weighted by Crippen LogP contribution is -2.31. The fraction of sp³-hybridized carbons (Fsp3) is 0.538. The molecule has 1 N–H and O–H groups in total. The van der Waals surface area contributed by atoms with Crippen LogP contribution in [-0.2, 0) is 6.42 Å². The first kappa shape index (κ1) is 13.5. The van der Waals surface area contributed by atoms with Crippen molar-refractivity contribution in [2.24, 2.45) is 5.41 Å². The highest BCUT2D eigenvalue weighted by molar-refractivity contribution is 6.31. The van der Waals surface area contributed by atoms with Gasteiger partial charge in [0.1, 0.15) is 5.82 Å². The van der Waals surface area contributed by atoms with Gasteiger partial charge in [-0.25, -0.2) is 4.39 Å². The van der Waals surface area contributed by atoms with Crippen molar-refractivity contribution in [3.63, 3.8) is 0 Å². The Balaban J connectivity index is 2.75. The first-order valence-corrected chi connectivity index (χ1v) is 5.97. The molecule has 1 rings (SSSR count). The van der Waals surface area contributed by atoms with Crippen molar-refractivity contribution < 1.29 is 4.39 Å². The standard InChI is InChI=1S/C13H19ClFN/c1-4-16-9-13(2,3)8-10-6-5-7-11(15)12(10)14/h5-7,16H,4,8-9H2,1-3H3. The van der Waals surface area contributed by atoms with Crippen molar-refractivity contribution in [2.75, 3.05) is 13.1 Å². The van der Waals surface area contributed by atoms with Gasteiger partial charge in [0.15, 0.2) is 0 Å². The SMILES string of the molecule is CCNCC(C)(C)Cc1cccc(F)c1Cl. The van der Waals surface area contributed by atoms with Gasteiger partial charge >= 0.3 is 0 Å². The zero-order valence-electron chi connectivity index (χ0n) is 10.1. The molecule has 0 aliphatic heterocycles. The number of rotatable bonds is 5. The van der Waals surface area contributed by atoms with E-state index >= 15 is 0 Å². The van der Waals surface area contributed by atoms with Gasteiger partial charge in [-0.2, -0.15) is 0 Å². The van der Waals surface area contributed by atoms with Crippen LogP contribution in [0.4, 0.5) is 4.39 Å². The molecule has 0 spiro atoms. The van der Waals surface area contributed by atoms with Gasteiger partial charge in [0.25, 0.3) is 0 Å². The van der Waals surface area contributed by atoms with Crippen LogP contribution in [0.25, 0.3) is 0 Å². The van der Waals surface area contributed by atoms with Crippen LogP contribution in [0.5, 0.6) is 0 Å². The Bertz CT molecular complexity index is 350.